The molecule has 5 heteroatoms. The lowest BCUT2D eigenvalue weighted by Crippen LogP contribution is -2.26. The minimum atomic E-state index is -0.370. The number of rotatable bonds is 8. The Balaban J connectivity index is 2.03. The molecule has 1 aliphatic carbocycles. The topological polar surface area (TPSA) is 60.0 Å². The van der Waals surface area contributed by atoms with Gasteiger partial charge in [-0.25, -0.2) is 0 Å². The molecule has 0 aliphatic heterocycles. The smallest absolute Gasteiger partial charge is 0.128 e. The molecule has 2 rings (SSSR count). The maximum atomic E-state index is 9.93. The van der Waals surface area contributed by atoms with Crippen molar-refractivity contribution in [3.8, 4) is 11.5 Å². The summed E-state index contributed by atoms with van der Waals surface area (Å²) in [4.78, 5) is 0. The average Bonchev–Trinajstić information content (AvgIpc) is 2.90. The Kier molecular flexibility index (Phi) is 6.29. The third-order valence-electron chi connectivity index (χ3n) is 3.77. The van der Waals surface area contributed by atoms with E-state index in [-0.39, 0.29) is 12.2 Å². The molecule has 0 aromatic heterocycles. The maximum absolute atomic E-state index is 9.93. The molecule has 0 saturated heterocycles. The van der Waals surface area contributed by atoms with Crippen LogP contribution < -0.4 is 14.8 Å². The van der Waals surface area contributed by atoms with Crippen molar-refractivity contribution in [3.63, 3.8) is 0 Å². The van der Waals surface area contributed by atoms with E-state index in [0.717, 1.165) is 42.9 Å². The molecule has 2 atom stereocenters. The summed E-state index contributed by atoms with van der Waals surface area (Å²) < 4.78 is 16.3. The zero-order valence-corrected chi connectivity index (χ0v) is 12.8. The highest BCUT2D eigenvalue weighted by Gasteiger charge is 2.27. The molecule has 0 spiro atoms. The molecule has 2 unspecified atom stereocenters. The van der Waals surface area contributed by atoms with Gasteiger partial charge in [-0.3, -0.25) is 0 Å². The SMILES string of the molecule is COCCNCc1ccc(OC)cc1OC1CCCC1O. The molecule has 0 bridgehead atoms. The first-order valence-electron chi connectivity index (χ1n) is 7.46. The Labute approximate surface area is 126 Å². The van der Waals surface area contributed by atoms with E-state index in [4.69, 9.17) is 14.2 Å². The predicted molar refractivity (Wildman–Crippen MR) is 80.9 cm³/mol. The third-order valence-corrected chi connectivity index (χ3v) is 3.77. The second-order valence-corrected chi connectivity index (χ2v) is 5.30. The van der Waals surface area contributed by atoms with E-state index in [1.807, 2.05) is 18.2 Å². The van der Waals surface area contributed by atoms with Gasteiger partial charge in [-0.1, -0.05) is 6.07 Å². The highest BCUT2D eigenvalue weighted by atomic mass is 16.5. The van der Waals surface area contributed by atoms with Crippen LogP contribution in [0.1, 0.15) is 24.8 Å². The van der Waals surface area contributed by atoms with E-state index in [1.54, 1.807) is 14.2 Å². The summed E-state index contributed by atoms with van der Waals surface area (Å²) in [5.74, 6) is 1.54. The van der Waals surface area contributed by atoms with Crippen molar-refractivity contribution in [1.29, 1.82) is 0 Å². The number of nitrogens with one attached hydrogen (secondary N) is 1. The van der Waals surface area contributed by atoms with Crippen LogP contribution in [-0.4, -0.2) is 44.7 Å². The lowest BCUT2D eigenvalue weighted by atomic mass is 10.1. The maximum Gasteiger partial charge on any atom is 0.128 e. The second kappa shape index (κ2) is 8.22. The lowest BCUT2D eigenvalue weighted by Gasteiger charge is -2.20. The van der Waals surface area contributed by atoms with Crippen molar-refractivity contribution in [1.82, 2.24) is 5.32 Å². The van der Waals surface area contributed by atoms with Crippen molar-refractivity contribution in [2.24, 2.45) is 0 Å². The van der Waals surface area contributed by atoms with Gasteiger partial charge in [0.15, 0.2) is 0 Å². The Morgan fingerprint density at radius 1 is 1.29 bits per heavy atom. The summed E-state index contributed by atoms with van der Waals surface area (Å²) in [6.45, 7) is 2.16. The molecule has 5 nitrogen and oxygen atoms in total. The van der Waals surface area contributed by atoms with Gasteiger partial charge in [0.1, 0.15) is 17.6 Å². The highest BCUT2D eigenvalue weighted by molar-refractivity contribution is 5.41. The number of hydrogen-bond acceptors (Lipinski definition) is 5. The standard InChI is InChI=1S/C16H25NO4/c1-19-9-8-17-11-12-6-7-13(20-2)10-16(12)21-15-5-3-4-14(15)18/h6-7,10,14-15,17-18H,3-5,8-9,11H2,1-2H3. The van der Waals surface area contributed by atoms with Gasteiger partial charge in [-0.15, -0.1) is 0 Å². The molecule has 1 aromatic rings. The first kappa shape index (κ1) is 16.1. The molecular weight excluding hydrogens is 270 g/mol. The van der Waals surface area contributed by atoms with Crippen LogP contribution in [0.4, 0.5) is 0 Å². The van der Waals surface area contributed by atoms with Crippen LogP contribution in [0.2, 0.25) is 0 Å². The van der Waals surface area contributed by atoms with Crippen molar-refractivity contribution in [2.75, 3.05) is 27.4 Å². The Hall–Kier alpha value is -1.30. The van der Waals surface area contributed by atoms with Crippen molar-refractivity contribution < 1.29 is 19.3 Å². The molecular formula is C16H25NO4. The molecule has 21 heavy (non-hydrogen) atoms. The number of aliphatic hydroxyl groups is 1. The predicted octanol–water partition coefficient (Wildman–Crippen LogP) is 1.72. The van der Waals surface area contributed by atoms with E-state index in [1.165, 1.54) is 0 Å². The highest BCUT2D eigenvalue weighted by Crippen LogP contribution is 2.30. The van der Waals surface area contributed by atoms with Gasteiger partial charge < -0.3 is 24.6 Å². The number of hydrogen-bond donors (Lipinski definition) is 2. The summed E-state index contributed by atoms with van der Waals surface area (Å²) in [5.41, 5.74) is 1.06. The van der Waals surface area contributed by atoms with Crippen molar-refractivity contribution in [2.45, 2.75) is 38.0 Å². The Bertz CT molecular complexity index is 438. The summed E-state index contributed by atoms with van der Waals surface area (Å²) in [6, 6.07) is 5.80. The van der Waals surface area contributed by atoms with Crippen molar-refractivity contribution >= 4 is 0 Å². The van der Waals surface area contributed by atoms with Crippen LogP contribution in [0.15, 0.2) is 18.2 Å². The number of benzene rings is 1. The first-order valence-corrected chi connectivity index (χ1v) is 7.46. The zero-order chi connectivity index (χ0) is 15.1. The van der Waals surface area contributed by atoms with Crippen LogP contribution in [0.5, 0.6) is 11.5 Å². The number of aliphatic hydroxyl groups excluding tert-OH is 1. The third kappa shape index (κ3) is 4.59. The van der Waals surface area contributed by atoms with Gasteiger partial charge in [0.2, 0.25) is 0 Å². The quantitative estimate of drug-likeness (QED) is 0.715. The molecule has 1 aromatic carbocycles. The normalized spacial score (nSPS) is 21.5. The minimum Gasteiger partial charge on any atom is -0.497 e. The van der Waals surface area contributed by atoms with E-state index in [2.05, 4.69) is 5.32 Å². The van der Waals surface area contributed by atoms with Crippen LogP contribution in [-0.2, 0) is 11.3 Å². The molecule has 1 aliphatic rings. The van der Waals surface area contributed by atoms with Gasteiger partial charge >= 0.3 is 0 Å². The van der Waals surface area contributed by atoms with Crippen LogP contribution in [0, 0.1) is 0 Å². The fourth-order valence-corrected chi connectivity index (χ4v) is 2.52. The summed E-state index contributed by atoms with van der Waals surface area (Å²) in [7, 11) is 3.32. The average molecular weight is 295 g/mol. The summed E-state index contributed by atoms with van der Waals surface area (Å²) in [6.07, 6.45) is 2.24. The van der Waals surface area contributed by atoms with E-state index in [9.17, 15) is 5.11 Å². The molecule has 2 N–H and O–H groups in total. The monoisotopic (exact) mass is 295 g/mol. The van der Waals surface area contributed by atoms with Crippen molar-refractivity contribution in [3.05, 3.63) is 23.8 Å². The molecule has 0 radical (unpaired) electrons. The number of methoxy groups -OCH3 is 2. The number of ether oxygens (including phenoxy) is 3. The zero-order valence-electron chi connectivity index (χ0n) is 12.8. The fraction of sp³-hybridized carbons (Fsp3) is 0.625. The van der Waals surface area contributed by atoms with E-state index < -0.39 is 0 Å². The summed E-state index contributed by atoms with van der Waals surface area (Å²) >= 11 is 0. The van der Waals surface area contributed by atoms with Gasteiger partial charge in [0.25, 0.3) is 0 Å². The van der Waals surface area contributed by atoms with Gasteiger partial charge in [0.05, 0.1) is 19.8 Å². The Morgan fingerprint density at radius 2 is 2.14 bits per heavy atom. The Morgan fingerprint density at radius 3 is 2.81 bits per heavy atom. The van der Waals surface area contributed by atoms with Crippen LogP contribution in [0.3, 0.4) is 0 Å². The van der Waals surface area contributed by atoms with E-state index >= 15 is 0 Å². The first-order chi connectivity index (χ1) is 10.2. The molecule has 1 saturated carbocycles. The van der Waals surface area contributed by atoms with Gasteiger partial charge in [-0.2, -0.15) is 0 Å². The molecule has 118 valence electrons. The van der Waals surface area contributed by atoms with Crippen LogP contribution >= 0.6 is 0 Å². The van der Waals surface area contributed by atoms with Gasteiger partial charge in [0, 0.05) is 31.8 Å². The van der Waals surface area contributed by atoms with Gasteiger partial charge in [-0.05, 0) is 25.3 Å². The van der Waals surface area contributed by atoms with E-state index in [0.29, 0.717) is 13.2 Å². The molecule has 1 fully saturated rings. The molecule has 0 heterocycles. The minimum absolute atomic E-state index is 0.116. The molecule has 0 amide bonds. The van der Waals surface area contributed by atoms with Crippen LogP contribution in [0.25, 0.3) is 0 Å². The lowest BCUT2D eigenvalue weighted by molar-refractivity contribution is 0.0595. The largest absolute Gasteiger partial charge is 0.497 e. The fourth-order valence-electron chi connectivity index (χ4n) is 2.52. The summed E-state index contributed by atoms with van der Waals surface area (Å²) in [5, 5.41) is 13.2. The second-order valence-electron chi connectivity index (χ2n) is 5.30.